The summed E-state index contributed by atoms with van der Waals surface area (Å²) in [6, 6.07) is 8.22. The maximum absolute atomic E-state index is 13.5. The number of ether oxygens (including phenoxy) is 1. The Kier molecular flexibility index (Phi) is 6.26. The normalized spacial score (nSPS) is 17.0. The Morgan fingerprint density at radius 2 is 1.90 bits per heavy atom. The average molecular weight is 441 g/mol. The van der Waals surface area contributed by atoms with E-state index in [2.05, 4.69) is 0 Å². The number of methoxy groups -OCH3 is 1. The van der Waals surface area contributed by atoms with Gasteiger partial charge in [0.25, 0.3) is 5.91 Å². The molecule has 3 atom stereocenters. The summed E-state index contributed by atoms with van der Waals surface area (Å²) in [7, 11) is 2.46. The molecule has 2 aromatic carbocycles. The van der Waals surface area contributed by atoms with Gasteiger partial charge in [0, 0.05) is 23.7 Å². The monoisotopic (exact) mass is 441 g/mol. The van der Waals surface area contributed by atoms with Crippen LogP contribution in [0, 0.1) is 5.82 Å². The molecule has 3 rings (SSSR count). The van der Waals surface area contributed by atoms with Crippen LogP contribution in [0.3, 0.4) is 0 Å². The van der Waals surface area contributed by atoms with Crippen LogP contribution in [0.1, 0.15) is 46.2 Å². The summed E-state index contributed by atoms with van der Waals surface area (Å²) in [5, 5.41) is 9.45. The highest BCUT2D eigenvalue weighted by Gasteiger charge is 2.43. The molecule has 1 aliphatic rings. The number of halogens is 4. The van der Waals surface area contributed by atoms with Gasteiger partial charge in [0.1, 0.15) is 11.6 Å². The summed E-state index contributed by atoms with van der Waals surface area (Å²) in [6.45, 7) is 2.05. The molecule has 0 fully saturated rings. The molecule has 2 unspecified atom stereocenters. The predicted molar refractivity (Wildman–Crippen MR) is 104 cm³/mol. The van der Waals surface area contributed by atoms with Gasteiger partial charge in [-0.1, -0.05) is 18.2 Å². The molecule has 0 saturated heterocycles. The summed E-state index contributed by atoms with van der Waals surface area (Å²) in [5.41, 5.74) is 7.78. The lowest BCUT2D eigenvalue weighted by Gasteiger charge is -2.30. The highest BCUT2D eigenvalue weighted by atomic mass is 19.4. The maximum Gasteiger partial charge on any atom is 0.428 e. The lowest BCUT2D eigenvalue weighted by atomic mass is 10.0. The zero-order valence-electron chi connectivity index (χ0n) is 17.2. The number of hydrogen-bond acceptors (Lipinski definition) is 5. The van der Waals surface area contributed by atoms with E-state index in [1.807, 2.05) is 0 Å². The second-order valence-corrected chi connectivity index (χ2v) is 7.44. The Bertz CT molecular complexity index is 983. The highest BCUT2D eigenvalue weighted by Crippen LogP contribution is 2.36. The number of aliphatic hydroxyl groups excluding tert-OH is 1. The number of amides is 1. The molecule has 0 bridgehead atoms. The minimum absolute atomic E-state index is 0.256. The number of nitrogens with zero attached hydrogens (tertiary/aromatic N) is 2. The molecule has 2 aromatic rings. The van der Waals surface area contributed by atoms with Crippen molar-refractivity contribution in [2.75, 3.05) is 14.2 Å². The van der Waals surface area contributed by atoms with Crippen molar-refractivity contribution in [3.63, 3.8) is 0 Å². The van der Waals surface area contributed by atoms with Crippen LogP contribution in [0.25, 0.3) is 0 Å². The standard InChI is InChI=1S/C21H23F4N3O3/c1-11(15-7-6-14(22)9-17(15)31-3)28-10-13-5-4-12(8-16(13)19(28)29)18(26)27(2)20(30)21(23,24)25/h4-9,11,18,20,30H,10,26H2,1-3H3/t11-,18?,20?/m0/s1. The van der Waals surface area contributed by atoms with Crippen molar-refractivity contribution >= 4 is 5.91 Å². The molecule has 1 aliphatic heterocycles. The SMILES string of the molecule is COc1cc(F)ccc1[C@H](C)N1Cc2ccc(C(N)N(C)C(O)C(F)(F)F)cc2C1=O. The van der Waals surface area contributed by atoms with E-state index in [0.717, 1.165) is 7.05 Å². The van der Waals surface area contributed by atoms with Crippen molar-refractivity contribution in [2.45, 2.75) is 38.1 Å². The quantitative estimate of drug-likeness (QED) is 0.531. The molecule has 168 valence electrons. The topological polar surface area (TPSA) is 79.0 Å². The van der Waals surface area contributed by atoms with Crippen LogP contribution >= 0.6 is 0 Å². The Labute approximate surface area is 176 Å². The largest absolute Gasteiger partial charge is 0.496 e. The third kappa shape index (κ3) is 4.36. The Morgan fingerprint density at radius 1 is 1.23 bits per heavy atom. The van der Waals surface area contributed by atoms with Gasteiger partial charge in [-0.3, -0.25) is 9.69 Å². The Balaban J connectivity index is 1.85. The van der Waals surface area contributed by atoms with E-state index in [1.165, 1.54) is 31.4 Å². The number of carbonyl (C=O) groups is 1. The molecule has 0 radical (unpaired) electrons. The van der Waals surface area contributed by atoms with Gasteiger partial charge in [-0.2, -0.15) is 13.2 Å². The maximum atomic E-state index is 13.5. The average Bonchev–Trinajstić information content (AvgIpc) is 3.06. The number of carbonyl (C=O) groups excluding carboxylic acids is 1. The smallest absolute Gasteiger partial charge is 0.428 e. The third-order valence-electron chi connectivity index (χ3n) is 5.54. The summed E-state index contributed by atoms with van der Waals surface area (Å²) < 4.78 is 57.2. The molecular formula is C21H23F4N3O3. The molecule has 3 N–H and O–H groups in total. The molecule has 31 heavy (non-hydrogen) atoms. The molecule has 6 nitrogen and oxygen atoms in total. The van der Waals surface area contributed by atoms with Crippen LogP contribution in [0.5, 0.6) is 5.75 Å². The van der Waals surface area contributed by atoms with E-state index in [-0.39, 0.29) is 18.0 Å². The van der Waals surface area contributed by atoms with Crippen molar-refractivity contribution in [3.05, 3.63) is 64.5 Å². The van der Waals surface area contributed by atoms with Crippen LogP contribution in [-0.4, -0.2) is 47.4 Å². The first kappa shape index (κ1) is 23.0. The Morgan fingerprint density at radius 3 is 2.52 bits per heavy atom. The van der Waals surface area contributed by atoms with Crippen LogP contribution in [-0.2, 0) is 6.54 Å². The zero-order valence-corrected chi connectivity index (χ0v) is 17.2. The third-order valence-corrected chi connectivity index (χ3v) is 5.54. The predicted octanol–water partition coefficient (Wildman–Crippen LogP) is 3.32. The number of rotatable bonds is 6. The first-order valence-corrected chi connectivity index (χ1v) is 9.45. The van der Waals surface area contributed by atoms with E-state index in [9.17, 15) is 27.5 Å². The van der Waals surface area contributed by atoms with E-state index in [1.54, 1.807) is 24.0 Å². The number of fused-ring (bicyclic) bond motifs is 1. The minimum atomic E-state index is -4.86. The van der Waals surface area contributed by atoms with Crippen LogP contribution in [0.4, 0.5) is 17.6 Å². The van der Waals surface area contributed by atoms with Gasteiger partial charge in [0.2, 0.25) is 6.23 Å². The molecule has 1 amide bonds. The molecule has 1 heterocycles. The van der Waals surface area contributed by atoms with Gasteiger partial charge in [-0.15, -0.1) is 0 Å². The van der Waals surface area contributed by atoms with Crippen LogP contribution in [0.15, 0.2) is 36.4 Å². The van der Waals surface area contributed by atoms with Crippen molar-refractivity contribution in [3.8, 4) is 5.75 Å². The van der Waals surface area contributed by atoms with Crippen molar-refractivity contribution < 1.29 is 32.2 Å². The zero-order chi connectivity index (χ0) is 23.1. The molecule has 0 aromatic heterocycles. The minimum Gasteiger partial charge on any atom is -0.496 e. The molecular weight excluding hydrogens is 418 g/mol. The van der Waals surface area contributed by atoms with Crippen molar-refractivity contribution in [1.82, 2.24) is 9.80 Å². The summed E-state index contributed by atoms with van der Waals surface area (Å²) in [5.74, 6) is -0.490. The summed E-state index contributed by atoms with van der Waals surface area (Å²) in [4.78, 5) is 15.2. The van der Waals surface area contributed by atoms with Gasteiger partial charge < -0.3 is 20.5 Å². The second-order valence-electron chi connectivity index (χ2n) is 7.44. The number of benzene rings is 2. The number of alkyl halides is 3. The number of aliphatic hydroxyl groups is 1. The molecule has 0 spiro atoms. The van der Waals surface area contributed by atoms with Gasteiger partial charge >= 0.3 is 6.18 Å². The van der Waals surface area contributed by atoms with Crippen molar-refractivity contribution in [2.24, 2.45) is 5.73 Å². The van der Waals surface area contributed by atoms with Gasteiger partial charge in [0.05, 0.1) is 19.3 Å². The lowest BCUT2D eigenvalue weighted by Crippen LogP contribution is -2.47. The number of hydrogen-bond donors (Lipinski definition) is 2. The van der Waals surface area contributed by atoms with Gasteiger partial charge in [-0.25, -0.2) is 4.39 Å². The van der Waals surface area contributed by atoms with E-state index >= 15 is 0 Å². The fourth-order valence-electron chi connectivity index (χ4n) is 3.65. The fourth-order valence-corrected chi connectivity index (χ4v) is 3.65. The van der Waals surface area contributed by atoms with Gasteiger partial charge in [-0.05, 0) is 37.2 Å². The van der Waals surface area contributed by atoms with Crippen LogP contribution in [0.2, 0.25) is 0 Å². The molecule has 10 heteroatoms. The first-order valence-electron chi connectivity index (χ1n) is 9.45. The summed E-state index contributed by atoms with van der Waals surface area (Å²) >= 11 is 0. The van der Waals surface area contributed by atoms with E-state index in [4.69, 9.17) is 10.5 Å². The lowest BCUT2D eigenvalue weighted by molar-refractivity contribution is -0.252. The number of nitrogens with two attached hydrogens (primary N) is 1. The van der Waals surface area contributed by atoms with Crippen LogP contribution < -0.4 is 10.5 Å². The van der Waals surface area contributed by atoms with Crippen molar-refractivity contribution in [1.29, 1.82) is 0 Å². The van der Waals surface area contributed by atoms with Gasteiger partial charge in [0.15, 0.2) is 0 Å². The first-order chi connectivity index (χ1) is 14.5. The van der Waals surface area contributed by atoms with E-state index in [0.29, 0.717) is 27.3 Å². The summed E-state index contributed by atoms with van der Waals surface area (Å²) in [6.07, 6.45) is -8.88. The second kappa shape index (κ2) is 8.45. The van der Waals surface area contributed by atoms with E-state index < -0.39 is 30.4 Å². The fraction of sp³-hybridized carbons (Fsp3) is 0.381. The molecule has 0 saturated carbocycles. The Hall–Kier alpha value is -2.69. The highest BCUT2D eigenvalue weighted by molar-refractivity contribution is 5.98. The molecule has 0 aliphatic carbocycles.